The van der Waals surface area contributed by atoms with Crippen LogP contribution in [0.3, 0.4) is 0 Å². The molecule has 0 radical (unpaired) electrons. The van der Waals surface area contributed by atoms with Crippen molar-refractivity contribution in [2.45, 2.75) is 13.8 Å². The van der Waals surface area contributed by atoms with Crippen LogP contribution in [0.15, 0.2) is 40.9 Å². The van der Waals surface area contributed by atoms with Crippen molar-refractivity contribution >= 4 is 43.3 Å². The monoisotopic (exact) mass is 485 g/mol. The lowest BCUT2D eigenvalue weighted by molar-refractivity contribution is -0.383. The topological polar surface area (TPSA) is 119 Å². The summed E-state index contributed by atoms with van der Waals surface area (Å²) in [5.74, 6) is 0.115. The van der Waals surface area contributed by atoms with Gasteiger partial charge in [-0.05, 0) is 46.3 Å². The van der Waals surface area contributed by atoms with E-state index >= 15 is 0 Å². The molecule has 9 nitrogen and oxygen atoms in total. The summed E-state index contributed by atoms with van der Waals surface area (Å²) in [5, 5.41) is 11.3. The molecule has 29 heavy (non-hydrogen) atoms. The Balaban J connectivity index is 2.48. The minimum atomic E-state index is -4.01. The van der Waals surface area contributed by atoms with Gasteiger partial charge < -0.3 is 4.74 Å². The van der Waals surface area contributed by atoms with E-state index in [2.05, 4.69) is 20.7 Å². The fourth-order valence-corrected chi connectivity index (χ4v) is 4.45. The van der Waals surface area contributed by atoms with Gasteiger partial charge in [-0.1, -0.05) is 13.8 Å². The molecule has 0 aliphatic carbocycles. The SMILES string of the molecule is CCN(CC)S(=O)(=O)Nc1cc(C(=O)c2ccc(OC)c(Br)c2)ccc1[N+](=O)[O-]. The molecule has 2 aromatic carbocycles. The van der Waals surface area contributed by atoms with E-state index in [0.29, 0.717) is 15.8 Å². The average Bonchev–Trinajstić information content (AvgIpc) is 2.67. The van der Waals surface area contributed by atoms with E-state index < -0.39 is 26.6 Å². The summed E-state index contributed by atoms with van der Waals surface area (Å²) < 4.78 is 34.0. The number of ketones is 1. The van der Waals surface area contributed by atoms with Gasteiger partial charge in [0.25, 0.3) is 5.69 Å². The molecule has 11 heteroatoms. The summed E-state index contributed by atoms with van der Waals surface area (Å²) in [6, 6.07) is 8.27. The number of ether oxygens (including phenoxy) is 1. The maximum atomic E-state index is 12.8. The Morgan fingerprint density at radius 3 is 2.28 bits per heavy atom. The molecular weight excluding hydrogens is 466 g/mol. The molecule has 2 rings (SSSR count). The van der Waals surface area contributed by atoms with Crippen LogP contribution >= 0.6 is 15.9 Å². The first kappa shape index (κ1) is 22.8. The minimum Gasteiger partial charge on any atom is -0.496 e. The lowest BCUT2D eigenvalue weighted by atomic mass is 10.0. The van der Waals surface area contributed by atoms with E-state index in [1.54, 1.807) is 32.0 Å². The second-order valence-electron chi connectivity index (χ2n) is 5.86. The van der Waals surface area contributed by atoms with E-state index in [1.165, 1.54) is 19.2 Å². The number of nitro benzene ring substituents is 1. The maximum absolute atomic E-state index is 12.8. The number of nitrogens with zero attached hydrogens (tertiary/aromatic N) is 2. The number of methoxy groups -OCH3 is 1. The molecule has 0 aliphatic heterocycles. The Bertz CT molecular complexity index is 1040. The number of hydrogen-bond donors (Lipinski definition) is 1. The van der Waals surface area contributed by atoms with Crippen LogP contribution in [0.2, 0.25) is 0 Å². The number of carbonyl (C=O) groups excluding carboxylic acids is 1. The third kappa shape index (κ3) is 5.11. The van der Waals surface area contributed by atoms with Crippen molar-refractivity contribution in [2.24, 2.45) is 0 Å². The van der Waals surface area contributed by atoms with Gasteiger partial charge in [0.1, 0.15) is 11.4 Å². The zero-order valence-corrected chi connectivity index (χ0v) is 18.4. The van der Waals surface area contributed by atoms with E-state index in [9.17, 15) is 23.3 Å². The van der Waals surface area contributed by atoms with E-state index in [0.717, 1.165) is 10.4 Å². The van der Waals surface area contributed by atoms with Crippen LogP contribution in [0.25, 0.3) is 0 Å². The highest BCUT2D eigenvalue weighted by Gasteiger charge is 2.25. The molecule has 0 aliphatic rings. The molecular formula is C18H20BrN3O6S. The zero-order valence-electron chi connectivity index (χ0n) is 16.0. The second kappa shape index (κ2) is 9.33. The van der Waals surface area contributed by atoms with Gasteiger partial charge in [-0.2, -0.15) is 12.7 Å². The fraction of sp³-hybridized carbons (Fsp3) is 0.278. The number of carbonyl (C=O) groups is 1. The zero-order chi connectivity index (χ0) is 21.8. The Hall–Kier alpha value is -2.50. The first-order valence-corrected chi connectivity index (χ1v) is 10.8. The van der Waals surface area contributed by atoms with Crippen LogP contribution in [0.1, 0.15) is 29.8 Å². The Morgan fingerprint density at radius 1 is 1.17 bits per heavy atom. The van der Waals surface area contributed by atoms with Gasteiger partial charge in [-0.15, -0.1) is 0 Å². The normalized spacial score (nSPS) is 11.3. The number of hydrogen-bond acceptors (Lipinski definition) is 6. The predicted molar refractivity (Wildman–Crippen MR) is 113 cm³/mol. The molecule has 0 saturated carbocycles. The van der Waals surface area contributed by atoms with Crippen molar-refractivity contribution in [3.63, 3.8) is 0 Å². The first-order chi connectivity index (χ1) is 13.6. The molecule has 0 spiro atoms. The first-order valence-electron chi connectivity index (χ1n) is 8.59. The van der Waals surface area contributed by atoms with Gasteiger partial charge in [0.2, 0.25) is 0 Å². The van der Waals surface area contributed by atoms with Crippen molar-refractivity contribution in [2.75, 3.05) is 24.9 Å². The van der Waals surface area contributed by atoms with Gasteiger partial charge in [-0.3, -0.25) is 19.6 Å². The van der Waals surface area contributed by atoms with Crippen LogP contribution < -0.4 is 9.46 Å². The standard InChI is InChI=1S/C18H20BrN3O6S/c1-4-21(5-2)29(26,27)20-15-11-13(6-8-16(15)22(24)25)18(23)12-7-9-17(28-3)14(19)10-12/h6-11,20H,4-5H2,1-3H3. The summed E-state index contributed by atoms with van der Waals surface area (Å²) in [6.45, 7) is 3.69. The van der Waals surface area contributed by atoms with Crippen molar-refractivity contribution in [3.8, 4) is 5.75 Å². The minimum absolute atomic E-state index is 0.102. The lowest BCUT2D eigenvalue weighted by Crippen LogP contribution is -2.35. The molecule has 0 amide bonds. The van der Waals surface area contributed by atoms with Crippen molar-refractivity contribution in [1.82, 2.24) is 4.31 Å². The second-order valence-corrected chi connectivity index (χ2v) is 8.38. The molecule has 2 aromatic rings. The van der Waals surface area contributed by atoms with Crippen LogP contribution in [0, 0.1) is 10.1 Å². The molecule has 0 bridgehead atoms. The molecule has 0 heterocycles. The van der Waals surface area contributed by atoms with Crippen LogP contribution in [0.5, 0.6) is 5.75 Å². The van der Waals surface area contributed by atoms with Crippen molar-refractivity contribution in [3.05, 3.63) is 62.1 Å². The van der Waals surface area contributed by atoms with E-state index in [1.807, 2.05) is 0 Å². The summed E-state index contributed by atoms with van der Waals surface area (Å²) in [4.78, 5) is 23.4. The third-order valence-electron chi connectivity index (χ3n) is 4.15. The van der Waals surface area contributed by atoms with E-state index in [-0.39, 0.29) is 24.3 Å². The van der Waals surface area contributed by atoms with Crippen molar-refractivity contribution in [1.29, 1.82) is 0 Å². The predicted octanol–water partition coefficient (Wildman–Crippen LogP) is 3.60. The summed E-state index contributed by atoms with van der Waals surface area (Å²) in [6.07, 6.45) is 0. The highest BCUT2D eigenvalue weighted by Crippen LogP contribution is 2.30. The summed E-state index contributed by atoms with van der Waals surface area (Å²) in [5.41, 5.74) is -0.317. The highest BCUT2D eigenvalue weighted by atomic mass is 79.9. The quantitative estimate of drug-likeness (QED) is 0.329. The molecule has 0 fully saturated rings. The average molecular weight is 486 g/mol. The Morgan fingerprint density at radius 2 is 1.76 bits per heavy atom. The summed E-state index contributed by atoms with van der Waals surface area (Å²) >= 11 is 3.30. The third-order valence-corrected chi connectivity index (χ3v) is 6.45. The van der Waals surface area contributed by atoms with Crippen molar-refractivity contribution < 1.29 is 22.9 Å². The van der Waals surface area contributed by atoms with Gasteiger partial charge in [-0.25, -0.2) is 0 Å². The van der Waals surface area contributed by atoms with Crippen LogP contribution in [-0.4, -0.2) is 43.6 Å². The number of halogens is 1. The number of nitro groups is 1. The molecule has 0 unspecified atom stereocenters. The smallest absolute Gasteiger partial charge is 0.301 e. The molecule has 0 aromatic heterocycles. The molecule has 0 atom stereocenters. The molecule has 0 saturated heterocycles. The largest absolute Gasteiger partial charge is 0.496 e. The number of benzene rings is 2. The van der Waals surface area contributed by atoms with Gasteiger partial charge in [0.15, 0.2) is 5.78 Å². The van der Waals surface area contributed by atoms with Crippen LogP contribution in [-0.2, 0) is 10.2 Å². The molecule has 1 N–H and O–H groups in total. The number of nitrogens with one attached hydrogen (secondary N) is 1. The number of anilines is 1. The maximum Gasteiger partial charge on any atom is 0.301 e. The Kier molecular flexibility index (Phi) is 7.33. The van der Waals surface area contributed by atoms with E-state index in [4.69, 9.17) is 4.74 Å². The lowest BCUT2D eigenvalue weighted by Gasteiger charge is -2.19. The molecule has 156 valence electrons. The number of rotatable bonds is 9. The Labute approximate surface area is 177 Å². The van der Waals surface area contributed by atoms with Gasteiger partial charge in [0, 0.05) is 30.3 Å². The highest BCUT2D eigenvalue weighted by molar-refractivity contribution is 9.10. The fourth-order valence-electron chi connectivity index (χ4n) is 2.66. The van der Waals surface area contributed by atoms with Crippen LogP contribution in [0.4, 0.5) is 11.4 Å². The van der Waals surface area contributed by atoms with Gasteiger partial charge in [0.05, 0.1) is 16.5 Å². The summed E-state index contributed by atoms with van der Waals surface area (Å²) in [7, 11) is -2.52. The van der Waals surface area contributed by atoms with Gasteiger partial charge >= 0.3 is 10.2 Å².